The van der Waals surface area contributed by atoms with Crippen LogP contribution in [0.25, 0.3) is 0 Å². The minimum atomic E-state index is 0.0584. The van der Waals surface area contributed by atoms with Crippen LogP contribution in [-0.2, 0) is 0 Å². The lowest BCUT2D eigenvalue weighted by atomic mass is 9.78. The predicted octanol–water partition coefficient (Wildman–Crippen LogP) is 2.83. The molecular formula is C16H26N2O. The molecule has 0 aliphatic heterocycles. The molecule has 1 aliphatic rings. The van der Waals surface area contributed by atoms with Crippen LogP contribution in [0.1, 0.15) is 48.4 Å². The number of aryl methyl sites for hydroxylation is 2. The van der Waals surface area contributed by atoms with Gasteiger partial charge in [-0.2, -0.15) is 0 Å². The van der Waals surface area contributed by atoms with Gasteiger partial charge in [-0.1, -0.05) is 6.07 Å². The molecule has 0 radical (unpaired) electrons. The predicted molar refractivity (Wildman–Crippen MR) is 79.3 cm³/mol. The lowest BCUT2D eigenvalue weighted by Gasteiger charge is -2.32. The van der Waals surface area contributed by atoms with Crippen LogP contribution < -0.4 is 16.2 Å². The van der Waals surface area contributed by atoms with Gasteiger partial charge >= 0.3 is 0 Å². The zero-order valence-corrected chi connectivity index (χ0v) is 12.3. The standard InChI is InChI=1S/C16H26N2O/c1-10-8-11(2)15(14(9-10)19-3)16(18)12-4-6-13(17)7-5-12/h8-9,12-13,16H,4-7,17-18H2,1-3H3. The van der Waals surface area contributed by atoms with Crippen molar-refractivity contribution in [3.63, 3.8) is 0 Å². The van der Waals surface area contributed by atoms with Crippen molar-refractivity contribution in [1.29, 1.82) is 0 Å². The van der Waals surface area contributed by atoms with Crippen LogP contribution in [0.2, 0.25) is 0 Å². The molecular weight excluding hydrogens is 236 g/mol. The molecule has 1 saturated carbocycles. The third kappa shape index (κ3) is 3.10. The van der Waals surface area contributed by atoms with Crippen molar-refractivity contribution < 1.29 is 4.74 Å². The Morgan fingerprint density at radius 2 is 1.79 bits per heavy atom. The van der Waals surface area contributed by atoms with Gasteiger partial charge in [-0.3, -0.25) is 0 Å². The van der Waals surface area contributed by atoms with E-state index in [1.54, 1.807) is 7.11 Å². The molecule has 1 aromatic rings. The maximum absolute atomic E-state index is 6.52. The van der Waals surface area contributed by atoms with Gasteiger partial charge in [0.25, 0.3) is 0 Å². The van der Waals surface area contributed by atoms with Crippen molar-refractivity contribution in [2.45, 2.75) is 51.6 Å². The van der Waals surface area contributed by atoms with Gasteiger partial charge in [0.2, 0.25) is 0 Å². The highest BCUT2D eigenvalue weighted by Gasteiger charge is 2.27. The fraction of sp³-hybridized carbons (Fsp3) is 0.625. The molecule has 1 aliphatic carbocycles. The Labute approximate surface area is 116 Å². The van der Waals surface area contributed by atoms with Crippen LogP contribution in [0.15, 0.2) is 12.1 Å². The summed E-state index contributed by atoms with van der Waals surface area (Å²) in [5.74, 6) is 1.45. The Morgan fingerprint density at radius 3 is 2.37 bits per heavy atom. The Bertz CT molecular complexity index is 437. The van der Waals surface area contributed by atoms with Gasteiger partial charge in [0.15, 0.2) is 0 Å². The monoisotopic (exact) mass is 262 g/mol. The van der Waals surface area contributed by atoms with Gasteiger partial charge in [0.05, 0.1) is 7.11 Å². The SMILES string of the molecule is COc1cc(C)cc(C)c1C(N)C1CCC(N)CC1. The molecule has 3 heteroatoms. The molecule has 1 fully saturated rings. The van der Waals surface area contributed by atoms with Gasteiger partial charge in [0.1, 0.15) is 5.75 Å². The zero-order chi connectivity index (χ0) is 14.0. The molecule has 0 heterocycles. The molecule has 1 aromatic carbocycles. The second kappa shape index (κ2) is 5.93. The Hall–Kier alpha value is -1.06. The van der Waals surface area contributed by atoms with Gasteiger partial charge in [-0.05, 0) is 62.6 Å². The highest BCUT2D eigenvalue weighted by atomic mass is 16.5. The molecule has 19 heavy (non-hydrogen) atoms. The van der Waals surface area contributed by atoms with Crippen molar-refractivity contribution in [3.8, 4) is 5.75 Å². The van der Waals surface area contributed by atoms with E-state index >= 15 is 0 Å². The second-order valence-electron chi connectivity index (χ2n) is 5.90. The largest absolute Gasteiger partial charge is 0.496 e. The van der Waals surface area contributed by atoms with E-state index in [-0.39, 0.29) is 6.04 Å². The van der Waals surface area contributed by atoms with E-state index in [9.17, 15) is 0 Å². The van der Waals surface area contributed by atoms with E-state index in [2.05, 4.69) is 26.0 Å². The molecule has 1 atom stereocenters. The van der Waals surface area contributed by atoms with Crippen molar-refractivity contribution in [2.75, 3.05) is 7.11 Å². The molecule has 4 N–H and O–H groups in total. The van der Waals surface area contributed by atoms with Crippen molar-refractivity contribution >= 4 is 0 Å². The van der Waals surface area contributed by atoms with Crippen LogP contribution in [0, 0.1) is 19.8 Å². The van der Waals surface area contributed by atoms with Gasteiger partial charge < -0.3 is 16.2 Å². The van der Waals surface area contributed by atoms with Crippen molar-refractivity contribution in [2.24, 2.45) is 17.4 Å². The molecule has 0 saturated heterocycles. The Kier molecular flexibility index (Phi) is 4.48. The van der Waals surface area contributed by atoms with Gasteiger partial charge in [0, 0.05) is 17.6 Å². The first kappa shape index (κ1) is 14.4. The summed E-state index contributed by atoms with van der Waals surface area (Å²) in [7, 11) is 1.72. The highest BCUT2D eigenvalue weighted by molar-refractivity contribution is 5.45. The fourth-order valence-electron chi connectivity index (χ4n) is 3.28. The van der Waals surface area contributed by atoms with Crippen molar-refractivity contribution in [3.05, 3.63) is 28.8 Å². The normalized spacial score (nSPS) is 25.1. The van der Waals surface area contributed by atoms with E-state index < -0.39 is 0 Å². The number of hydrogen-bond donors (Lipinski definition) is 2. The third-order valence-corrected chi connectivity index (χ3v) is 4.37. The van der Waals surface area contributed by atoms with E-state index in [0.29, 0.717) is 12.0 Å². The van der Waals surface area contributed by atoms with Crippen LogP contribution in [-0.4, -0.2) is 13.2 Å². The van der Waals surface area contributed by atoms with Crippen LogP contribution >= 0.6 is 0 Å². The van der Waals surface area contributed by atoms with Crippen molar-refractivity contribution in [1.82, 2.24) is 0 Å². The van der Waals surface area contributed by atoms with E-state index in [4.69, 9.17) is 16.2 Å². The lowest BCUT2D eigenvalue weighted by molar-refractivity contribution is 0.279. The summed E-state index contributed by atoms with van der Waals surface area (Å²) >= 11 is 0. The zero-order valence-electron chi connectivity index (χ0n) is 12.3. The molecule has 3 nitrogen and oxygen atoms in total. The summed E-state index contributed by atoms with van der Waals surface area (Å²) in [6.07, 6.45) is 4.43. The summed E-state index contributed by atoms with van der Waals surface area (Å²) in [6, 6.07) is 4.69. The first-order chi connectivity index (χ1) is 9.02. The first-order valence-corrected chi connectivity index (χ1v) is 7.19. The maximum Gasteiger partial charge on any atom is 0.124 e. The summed E-state index contributed by atoms with van der Waals surface area (Å²) in [4.78, 5) is 0. The molecule has 1 unspecified atom stereocenters. The maximum atomic E-state index is 6.52. The summed E-state index contributed by atoms with van der Waals surface area (Å²) in [6.45, 7) is 4.21. The lowest BCUT2D eigenvalue weighted by Crippen LogP contribution is -2.32. The summed E-state index contributed by atoms with van der Waals surface area (Å²) in [5, 5.41) is 0. The topological polar surface area (TPSA) is 61.3 Å². The summed E-state index contributed by atoms with van der Waals surface area (Å²) in [5.41, 5.74) is 16.1. The average molecular weight is 262 g/mol. The minimum Gasteiger partial charge on any atom is -0.496 e. The van der Waals surface area contributed by atoms with E-state index in [0.717, 1.165) is 31.4 Å². The smallest absolute Gasteiger partial charge is 0.124 e. The molecule has 106 valence electrons. The second-order valence-corrected chi connectivity index (χ2v) is 5.90. The molecule has 0 aromatic heterocycles. The van der Waals surface area contributed by atoms with Gasteiger partial charge in [-0.15, -0.1) is 0 Å². The average Bonchev–Trinajstić information content (AvgIpc) is 2.38. The van der Waals surface area contributed by atoms with Crippen LogP contribution in [0.4, 0.5) is 0 Å². The molecule has 0 bridgehead atoms. The quantitative estimate of drug-likeness (QED) is 0.880. The fourth-order valence-corrected chi connectivity index (χ4v) is 3.28. The van der Waals surface area contributed by atoms with Gasteiger partial charge in [-0.25, -0.2) is 0 Å². The Morgan fingerprint density at radius 1 is 1.16 bits per heavy atom. The number of rotatable bonds is 3. The first-order valence-electron chi connectivity index (χ1n) is 7.19. The molecule has 0 spiro atoms. The number of benzene rings is 1. The highest BCUT2D eigenvalue weighted by Crippen LogP contribution is 2.38. The number of hydrogen-bond acceptors (Lipinski definition) is 3. The number of nitrogens with two attached hydrogens (primary N) is 2. The van der Waals surface area contributed by atoms with Crippen LogP contribution in [0.3, 0.4) is 0 Å². The van der Waals surface area contributed by atoms with Crippen LogP contribution in [0.5, 0.6) is 5.75 Å². The number of methoxy groups -OCH3 is 1. The van der Waals surface area contributed by atoms with E-state index in [1.165, 1.54) is 16.7 Å². The third-order valence-electron chi connectivity index (χ3n) is 4.37. The number of ether oxygens (including phenoxy) is 1. The summed E-state index contributed by atoms with van der Waals surface area (Å²) < 4.78 is 5.54. The molecule has 0 amide bonds. The van der Waals surface area contributed by atoms with E-state index in [1.807, 2.05) is 0 Å². The Balaban J connectivity index is 2.25. The molecule has 2 rings (SSSR count). The minimum absolute atomic E-state index is 0.0584.